The minimum absolute atomic E-state index is 0.0203. The number of hydrogen-bond acceptors (Lipinski definition) is 3. The Bertz CT molecular complexity index is 736. The summed E-state index contributed by atoms with van der Waals surface area (Å²) in [5, 5.41) is 0. The highest BCUT2D eigenvalue weighted by atomic mass is 19.1. The summed E-state index contributed by atoms with van der Waals surface area (Å²) in [5.74, 6) is -0.581. The van der Waals surface area contributed by atoms with Crippen LogP contribution in [0.1, 0.15) is 5.56 Å². The van der Waals surface area contributed by atoms with Crippen LogP contribution in [-0.4, -0.2) is 30.6 Å². The molecule has 0 N–H and O–H groups in total. The predicted molar refractivity (Wildman–Crippen MR) is 79.2 cm³/mol. The van der Waals surface area contributed by atoms with E-state index in [9.17, 15) is 13.6 Å². The van der Waals surface area contributed by atoms with Crippen molar-refractivity contribution >= 4 is 5.91 Å². The molecule has 0 radical (unpaired) electrons. The number of rotatable bonds is 3. The zero-order valence-corrected chi connectivity index (χ0v) is 12.5. The summed E-state index contributed by atoms with van der Waals surface area (Å²) < 4.78 is 37.7. The number of carbonyl (C=O) groups excluding carboxylic acids is 1. The van der Waals surface area contributed by atoms with Crippen LogP contribution in [-0.2, 0) is 11.3 Å². The second kappa shape index (κ2) is 6.24. The molecule has 0 aliphatic carbocycles. The van der Waals surface area contributed by atoms with Crippen molar-refractivity contribution in [2.75, 3.05) is 13.7 Å². The van der Waals surface area contributed by atoms with Crippen LogP contribution in [0.25, 0.3) is 0 Å². The molecular formula is C17H15F2NO3. The Morgan fingerprint density at radius 2 is 1.96 bits per heavy atom. The van der Waals surface area contributed by atoms with Crippen LogP contribution >= 0.6 is 0 Å². The van der Waals surface area contributed by atoms with Gasteiger partial charge in [0.05, 0.1) is 0 Å². The normalized spacial score (nSPS) is 16.0. The second-order valence-corrected chi connectivity index (χ2v) is 5.29. The highest BCUT2D eigenvalue weighted by Crippen LogP contribution is 2.31. The summed E-state index contributed by atoms with van der Waals surface area (Å²) in [6, 6.07) is 10.3. The van der Waals surface area contributed by atoms with Crippen molar-refractivity contribution in [2.24, 2.45) is 0 Å². The Hall–Kier alpha value is -2.63. The van der Waals surface area contributed by atoms with E-state index < -0.39 is 17.7 Å². The van der Waals surface area contributed by atoms with E-state index in [1.807, 2.05) is 6.07 Å². The first-order valence-corrected chi connectivity index (χ1v) is 7.12. The van der Waals surface area contributed by atoms with Gasteiger partial charge < -0.3 is 14.4 Å². The molecule has 1 aliphatic heterocycles. The summed E-state index contributed by atoms with van der Waals surface area (Å²) in [6.07, 6.45) is -0.793. The van der Waals surface area contributed by atoms with E-state index >= 15 is 0 Å². The average Bonchev–Trinajstić information content (AvgIpc) is 2.56. The summed E-state index contributed by atoms with van der Waals surface area (Å²) in [7, 11) is 1.54. The van der Waals surface area contributed by atoms with E-state index in [-0.39, 0.29) is 24.6 Å². The molecule has 120 valence electrons. The number of para-hydroxylation sites is 2. The largest absolute Gasteiger partial charge is 0.485 e. The first-order chi connectivity index (χ1) is 11.0. The molecule has 0 fully saturated rings. The van der Waals surface area contributed by atoms with Gasteiger partial charge in [0.1, 0.15) is 18.2 Å². The molecule has 3 rings (SSSR count). The quantitative estimate of drug-likeness (QED) is 0.873. The second-order valence-electron chi connectivity index (χ2n) is 5.29. The van der Waals surface area contributed by atoms with Gasteiger partial charge in [0.15, 0.2) is 11.5 Å². The van der Waals surface area contributed by atoms with Gasteiger partial charge >= 0.3 is 0 Å². The molecule has 0 spiro atoms. The maximum atomic E-state index is 13.7. The molecule has 0 bridgehead atoms. The van der Waals surface area contributed by atoms with Crippen LogP contribution in [0.15, 0.2) is 42.5 Å². The van der Waals surface area contributed by atoms with Crippen LogP contribution in [0, 0.1) is 11.6 Å². The van der Waals surface area contributed by atoms with Crippen LogP contribution < -0.4 is 9.47 Å². The molecule has 0 saturated carbocycles. The molecule has 2 aromatic rings. The lowest BCUT2D eigenvalue weighted by Gasteiger charge is -2.28. The van der Waals surface area contributed by atoms with Crippen molar-refractivity contribution in [3.8, 4) is 11.5 Å². The highest BCUT2D eigenvalue weighted by molar-refractivity contribution is 5.81. The molecule has 0 aromatic heterocycles. The standard InChI is InChI=1S/C17H15F2NO3/c1-20(9-11-6-7-12(18)8-13(11)19)17(21)16-10-22-14-4-2-3-5-15(14)23-16/h2-8,16H,9-10H2,1H3. The molecule has 1 heterocycles. The van der Waals surface area contributed by atoms with Crippen molar-refractivity contribution in [1.82, 2.24) is 4.90 Å². The minimum atomic E-state index is -0.793. The van der Waals surface area contributed by atoms with Crippen LogP contribution in [0.4, 0.5) is 8.78 Å². The fourth-order valence-electron chi connectivity index (χ4n) is 2.37. The number of halogens is 2. The van der Waals surface area contributed by atoms with Crippen molar-refractivity contribution in [3.05, 3.63) is 59.7 Å². The van der Waals surface area contributed by atoms with Crippen LogP contribution in [0.2, 0.25) is 0 Å². The Balaban J connectivity index is 1.68. The van der Waals surface area contributed by atoms with Gasteiger partial charge in [-0.15, -0.1) is 0 Å². The molecule has 23 heavy (non-hydrogen) atoms. The van der Waals surface area contributed by atoms with Gasteiger partial charge in [-0.05, 0) is 18.2 Å². The first kappa shape index (κ1) is 15.3. The van der Waals surface area contributed by atoms with Gasteiger partial charge in [-0.1, -0.05) is 18.2 Å². The van der Waals surface area contributed by atoms with Crippen molar-refractivity contribution in [1.29, 1.82) is 0 Å². The molecule has 6 heteroatoms. The number of benzene rings is 2. The third-order valence-corrected chi connectivity index (χ3v) is 3.58. The molecule has 0 saturated heterocycles. The molecular weight excluding hydrogens is 304 g/mol. The van der Waals surface area contributed by atoms with Gasteiger partial charge in [0.2, 0.25) is 6.10 Å². The fourth-order valence-corrected chi connectivity index (χ4v) is 2.37. The topological polar surface area (TPSA) is 38.8 Å². The Morgan fingerprint density at radius 1 is 1.22 bits per heavy atom. The fraction of sp³-hybridized carbons (Fsp3) is 0.235. The third kappa shape index (κ3) is 3.26. The van der Waals surface area contributed by atoms with Gasteiger partial charge in [-0.25, -0.2) is 8.78 Å². The summed E-state index contributed by atoms with van der Waals surface area (Å²) >= 11 is 0. The van der Waals surface area contributed by atoms with E-state index in [1.54, 1.807) is 18.2 Å². The van der Waals surface area contributed by atoms with Gasteiger partial charge in [0, 0.05) is 25.2 Å². The predicted octanol–water partition coefficient (Wildman–Crippen LogP) is 2.76. The third-order valence-electron chi connectivity index (χ3n) is 3.58. The van der Waals surface area contributed by atoms with Gasteiger partial charge in [0.25, 0.3) is 5.91 Å². The van der Waals surface area contributed by atoms with Gasteiger partial charge in [-0.2, -0.15) is 0 Å². The SMILES string of the molecule is CN(Cc1ccc(F)cc1F)C(=O)C1COc2ccccc2O1. The number of carbonyl (C=O) groups is 1. The summed E-state index contributed by atoms with van der Waals surface area (Å²) in [5.41, 5.74) is 0.236. The number of amides is 1. The molecule has 1 amide bonds. The number of ether oxygens (including phenoxy) is 2. The minimum Gasteiger partial charge on any atom is -0.485 e. The summed E-state index contributed by atoms with van der Waals surface area (Å²) in [4.78, 5) is 13.7. The molecule has 1 unspecified atom stereocenters. The lowest BCUT2D eigenvalue weighted by Crippen LogP contribution is -2.44. The summed E-state index contributed by atoms with van der Waals surface area (Å²) in [6.45, 7) is 0.110. The van der Waals surface area contributed by atoms with Crippen molar-refractivity contribution in [2.45, 2.75) is 12.6 Å². The molecule has 4 nitrogen and oxygen atoms in total. The highest BCUT2D eigenvalue weighted by Gasteiger charge is 2.29. The van der Waals surface area contributed by atoms with Gasteiger partial charge in [-0.3, -0.25) is 4.79 Å². The lowest BCUT2D eigenvalue weighted by molar-refractivity contribution is -0.140. The van der Waals surface area contributed by atoms with E-state index in [2.05, 4.69) is 0 Å². The number of fused-ring (bicyclic) bond motifs is 1. The number of nitrogens with zero attached hydrogens (tertiary/aromatic N) is 1. The smallest absolute Gasteiger partial charge is 0.267 e. The first-order valence-electron chi connectivity index (χ1n) is 7.12. The van der Waals surface area contributed by atoms with E-state index in [0.717, 1.165) is 12.1 Å². The van der Waals surface area contributed by atoms with Crippen molar-refractivity contribution in [3.63, 3.8) is 0 Å². The molecule has 1 atom stereocenters. The number of hydrogen-bond donors (Lipinski definition) is 0. The average molecular weight is 319 g/mol. The Morgan fingerprint density at radius 3 is 2.70 bits per heavy atom. The zero-order valence-electron chi connectivity index (χ0n) is 12.5. The number of likely N-dealkylation sites (N-methyl/N-ethyl adjacent to an activating group) is 1. The monoisotopic (exact) mass is 319 g/mol. The Kier molecular flexibility index (Phi) is 4.14. The maximum absolute atomic E-state index is 13.7. The van der Waals surface area contributed by atoms with Crippen LogP contribution in [0.3, 0.4) is 0 Å². The zero-order chi connectivity index (χ0) is 16.4. The Labute approximate surface area is 132 Å². The molecule has 1 aliphatic rings. The van der Waals surface area contributed by atoms with Crippen molar-refractivity contribution < 1.29 is 23.0 Å². The van der Waals surface area contributed by atoms with E-state index in [1.165, 1.54) is 18.0 Å². The molecule has 2 aromatic carbocycles. The van der Waals surface area contributed by atoms with E-state index in [0.29, 0.717) is 11.5 Å². The van der Waals surface area contributed by atoms with Crippen LogP contribution in [0.5, 0.6) is 11.5 Å². The maximum Gasteiger partial charge on any atom is 0.267 e. The lowest BCUT2D eigenvalue weighted by atomic mass is 10.2. The van der Waals surface area contributed by atoms with E-state index in [4.69, 9.17) is 9.47 Å².